The highest BCUT2D eigenvalue weighted by Gasteiger charge is 2.29. The zero-order valence-corrected chi connectivity index (χ0v) is 39.2. The fourth-order valence-electron chi connectivity index (χ4n) is 6.37. The second kappa shape index (κ2) is 41.2. The lowest BCUT2D eigenvalue weighted by atomic mass is 9.98. The maximum Gasteiger partial charge on any atom is 0.407 e. The first-order chi connectivity index (χ1) is 33.1. The summed E-state index contributed by atoms with van der Waals surface area (Å²) < 4.78 is 76.5. The molecular formula is C48H75NO18. The molecule has 0 saturated heterocycles. The van der Waals surface area contributed by atoms with Gasteiger partial charge in [0.05, 0.1) is 152 Å². The van der Waals surface area contributed by atoms with E-state index in [1.165, 1.54) is 22.3 Å². The number of carboxylic acids is 1. The average Bonchev–Trinajstić information content (AvgIpc) is 3.65. The number of hydrogen-bond acceptors (Lipinski definition) is 17. The van der Waals surface area contributed by atoms with Crippen LogP contribution in [-0.2, 0) is 75.9 Å². The van der Waals surface area contributed by atoms with E-state index in [0.29, 0.717) is 184 Å². The van der Waals surface area contributed by atoms with E-state index in [0.717, 1.165) is 0 Å². The van der Waals surface area contributed by atoms with Crippen LogP contribution in [0.25, 0.3) is 11.1 Å². The van der Waals surface area contributed by atoms with Gasteiger partial charge in [0.2, 0.25) is 0 Å². The van der Waals surface area contributed by atoms with Gasteiger partial charge in [-0.05, 0) is 41.5 Å². The van der Waals surface area contributed by atoms with Crippen LogP contribution in [0.3, 0.4) is 0 Å². The molecular weight excluding hydrogens is 879 g/mol. The molecule has 0 radical (unpaired) electrons. The molecule has 19 nitrogen and oxygen atoms in total. The minimum Gasteiger partial charge on any atom is -0.481 e. The van der Waals surface area contributed by atoms with Crippen molar-refractivity contribution >= 4 is 18.0 Å². The van der Waals surface area contributed by atoms with Crippen LogP contribution in [0.1, 0.15) is 49.1 Å². The van der Waals surface area contributed by atoms with Crippen LogP contribution >= 0.6 is 0 Å². The Morgan fingerprint density at radius 1 is 0.403 bits per heavy atom. The van der Waals surface area contributed by atoms with Crippen molar-refractivity contribution in [3.63, 3.8) is 0 Å². The van der Waals surface area contributed by atoms with E-state index in [1.807, 2.05) is 24.3 Å². The van der Waals surface area contributed by atoms with Crippen molar-refractivity contribution in [1.29, 1.82) is 0 Å². The number of carboxylic acid groups (broad SMARTS) is 1. The standard InChI is InChI=1S/C48H75NO18/c50-46(51)12-5-6-13-47(52)66-39-38-65-37-36-64-35-34-63-33-32-62-31-30-61-29-28-60-27-26-59-25-24-58-23-22-57-21-20-56-19-18-55-17-16-54-15-7-14-49-48(53)67-40-45-43-10-3-1-8-41(43)42-9-2-4-11-44(42)45/h1-4,8-11,45H,5-7,12-40H2,(H,49,53)(H,50,51). The topological polar surface area (TPSA) is 213 Å². The number of unbranched alkanes of at least 4 members (excludes halogenated alkanes) is 1. The lowest BCUT2D eigenvalue weighted by molar-refractivity contribution is -0.146. The summed E-state index contributed by atoms with van der Waals surface area (Å²) in [4.78, 5) is 34.3. The highest BCUT2D eigenvalue weighted by molar-refractivity contribution is 5.79. The normalized spacial score (nSPS) is 12.0. The minimum absolute atomic E-state index is 0.0409. The van der Waals surface area contributed by atoms with Crippen LogP contribution in [0.15, 0.2) is 48.5 Å². The number of esters is 1. The molecule has 0 bridgehead atoms. The lowest BCUT2D eigenvalue weighted by Crippen LogP contribution is -2.27. The van der Waals surface area contributed by atoms with Gasteiger partial charge in [0.15, 0.2) is 0 Å². The number of amides is 1. The summed E-state index contributed by atoms with van der Waals surface area (Å²) in [7, 11) is 0. The molecule has 67 heavy (non-hydrogen) atoms. The Labute approximate surface area is 395 Å². The Bertz CT molecular complexity index is 1490. The molecule has 2 aromatic rings. The molecule has 2 aromatic carbocycles. The molecule has 380 valence electrons. The third kappa shape index (κ3) is 30.3. The molecule has 0 fully saturated rings. The van der Waals surface area contributed by atoms with Crippen LogP contribution in [0, 0.1) is 0 Å². The van der Waals surface area contributed by atoms with E-state index in [9.17, 15) is 14.4 Å². The number of alkyl carbamates (subject to hydrolysis) is 1. The van der Waals surface area contributed by atoms with Gasteiger partial charge in [-0.25, -0.2) is 4.79 Å². The number of nitrogens with one attached hydrogen (secondary N) is 1. The lowest BCUT2D eigenvalue weighted by Gasteiger charge is -2.14. The van der Waals surface area contributed by atoms with E-state index in [4.69, 9.17) is 71.4 Å². The smallest absolute Gasteiger partial charge is 0.407 e. The van der Waals surface area contributed by atoms with E-state index in [1.54, 1.807) is 0 Å². The zero-order valence-electron chi connectivity index (χ0n) is 39.2. The van der Waals surface area contributed by atoms with Gasteiger partial charge in [0.25, 0.3) is 0 Å². The molecule has 0 saturated carbocycles. The summed E-state index contributed by atoms with van der Waals surface area (Å²) >= 11 is 0. The molecule has 0 atom stereocenters. The van der Waals surface area contributed by atoms with Crippen molar-refractivity contribution in [1.82, 2.24) is 5.32 Å². The van der Waals surface area contributed by atoms with Crippen molar-refractivity contribution in [3.8, 4) is 11.1 Å². The van der Waals surface area contributed by atoms with E-state index in [2.05, 4.69) is 29.6 Å². The van der Waals surface area contributed by atoms with Gasteiger partial charge < -0.3 is 76.7 Å². The molecule has 1 amide bonds. The number of benzene rings is 2. The second-order valence-electron chi connectivity index (χ2n) is 14.8. The summed E-state index contributed by atoms with van der Waals surface area (Å²) in [5, 5.41) is 11.4. The predicted octanol–water partition coefficient (Wildman–Crippen LogP) is 4.30. The molecule has 0 heterocycles. The number of ether oxygens (including phenoxy) is 14. The highest BCUT2D eigenvalue weighted by Crippen LogP contribution is 2.44. The van der Waals surface area contributed by atoms with Crippen LogP contribution in [0.4, 0.5) is 4.79 Å². The summed E-state index contributed by atoms with van der Waals surface area (Å²) in [6, 6.07) is 16.5. The number of carbonyl (C=O) groups is 3. The van der Waals surface area contributed by atoms with Gasteiger partial charge in [-0.2, -0.15) is 0 Å². The Morgan fingerprint density at radius 2 is 0.731 bits per heavy atom. The molecule has 1 aliphatic carbocycles. The summed E-state index contributed by atoms with van der Waals surface area (Å²) in [6.45, 7) is 11.8. The first kappa shape index (κ1) is 57.5. The molecule has 0 aliphatic heterocycles. The fraction of sp³-hybridized carbons (Fsp3) is 0.688. The van der Waals surface area contributed by atoms with E-state index in [-0.39, 0.29) is 37.9 Å². The summed E-state index contributed by atoms with van der Waals surface area (Å²) in [6.07, 6.45) is 1.46. The van der Waals surface area contributed by atoms with Crippen molar-refractivity contribution in [3.05, 3.63) is 59.7 Å². The van der Waals surface area contributed by atoms with Crippen molar-refractivity contribution in [2.24, 2.45) is 0 Å². The van der Waals surface area contributed by atoms with Gasteiger partial charge in [-0.15, -0.1) is 0 Å². The summed E-state index contributed by atoms with van der Waals surface area (Å²) in [5.41, 5.74) is 4.78. The van der Waals surface area contributed by atoms with Crippen LogP contribution < -0.4 is 5.32 Å². The Kier molecular flexibility index (Phi) is 35.3. The SMILES string of the molecule is O=C(O)CCCCC(=O)OCCOCCOCCOCCOCCOCCOCCOCCOCCOCCOCCOCCOCCCNC(=O)OCC1c2ccccc2-c2ccccc21. The molecule has 2 N–H and O–H groups in total. The monoisotopic (exact) mass is 953 g/mol. The van der Waals surface area contributed by atoms with E-state index >= 15 is 0 Å². The molecule has 3 rings (SSSR count). The first-order valence-corrected chi connectivity index (χ1v) is 23.5. The second-order valence-corrected chi connectivity index (χ2v) is 14.8. The minimum atomic E-state index is -0.867. The quantitative estimate of drug-likeness (QED) is 0.0699. The largest absolute Gasteiger partial charge is 0.481 e. The molecule has 0 unspecified atom stereocenters. The number of rotatable bonds is 47. The molecule has 19 heteroatoms. The first-order valence-electron chi connectivity index (χ1n) is 23.5. The predicted molar refractivity (Wildman–Crippen MR) is 245 cm³/mol. The van der Waals surface area contributed by atoms with Crippen LogP contribution in [-0.4, -0.2) is 201 Å². The van der Waals surface area contributed by atoms with E-state index < -0.39 is 12.1 Å². The Balaban J connectivity index is 0.903. The molecule has 0 aromatic heterocycles. The van der Waals surface area contributed by atoms with Crippen molar-refractivity contribution in [2.75, 3.05) is 178 Å². The van der Waals surface area contributed by atoms with Crippen LogP contribution in [0.5, 0.6) is 0 Å². The molecule has 1 aliphatic rings. The Morgan fingerprint density at radius 3 is 1.10 bits per heavy atom. The number of aliphatic carboxylic acids is 1. The van der Waals surface area contributed by atoms with Gasteiger partial charge >= 0.3 is 18.0 Å². The zero-order chi connectivity index (χ0) is 47.5. The fourth-order valence-corrected chi connectivity index (χ4v) is 6.37. The van der Waals surface area contributed by atoms with Crippen molar-refractivity contribution < 1.29 is 85.8 Å². The van der Waals surface area contributed by atoms with Gasteiger partial charge in [0.1, 0.15) is 13.2 Å². The third-order valence-electron chi connectivity index (χ3n) is 9.68. The van der Waals surface area contributed by atoms with Crippen LogP contribution in [0.2, 0.25) is 0 Å². The van der Waals surface area contributed by atoms with Gasteiger partial charge in [-0.3, -0.25) is 9.59 Å². The number of hydrogen-bond donors (Lipinski definition) is 2. The maximum absolute atomic E-state index is 12.3. The molecule has 0 spiro atoms. The maximum atomic E-state index is 12.3. The third-order valence-corrected chi connectivity index (χ3v) is 9.68. The summed E-state index contributed by atoms with van der Waals surface area (Å²) in [5.74, 6) is -1.18. The van der Waals surface area contributed by atoms with Gasteiger partial charge in [0, 0.05) is 31.9 Å². The number of fused-ring (bicyclic) bond motifs is 3. The number of carbonyl (C=O) groups excluding carboxylic acids is 2. The van der Waals surface area contributed by atoms with Crippen molar-refractivity contribution in [2.45, 2.75) is 38.0 Å². The highest BCUT2D eigenvalue weighted by atomic mass is 16.6. The van der Waals surface area contributed by atoms with Gasteiger partial charge in [-0.1, -0.05) is 48.5 Å². The Hall–Kier alpha value is -3.83. The average molecular weight is 954 g/mol.